The molecule has 0 bridgehead atoms. The maximum absolute atomic E-state index is 12.7. The number of aromatic hydroxyl groups is 1. The van der Waals surface area contributed by atoms with Crippen LogP contribution in [0.4, 0.5) is 0 Å². The van der Waals surface area contributed by atoms with Crippen molar-refractivity contribution in [1.29, 1.82) is 0 Å². The number of fused-ring (bicyclic) bond motifs is 1. The van der Waals surface area contributed by atoms with Gasteiger partial charge >= 0.3 is 0 Å². The van der Waals surface area contributed by atoms with Crippen LogP contribution in [0.25, 0.3) is 10.8 Å². The van der Waals surface area contributed by atoms with Crippen LogP contribution in [0, 0.1) is 0 Å². The lowest BCUT2D eigenvalue weighted by Crippen LogP contribution is -2.31. The van der Waals surface area contributed by atoms with Gasteiger partial charge in [0.25, 0.3) is 11.5 Å². The Kier molecular flexibility index (Phi) is 5.22. The van der Waals surface area contributed by atoms with Gasteiger partial charge in [-0.3, -0.25) is 9.59 Å². The predicted octanol–water partition coefficient (Wildman–Crippen LogP) is 2.48. The summed E-state index contributed by atoms with van der Waals surface area (Å²) in [5.74, 6) is -0.948. The van der Waals surface area contributed by atoms with E-state index in [1.54, 1.807) is 24.3 Å². The van der Waals surface area contributed by atoms with Gasteiger partial charge in [-0.2, -0.15) is 0 Å². The molecule has 0 aliphatic heterocycles. The summed E-state index contributed by atoms with van der Waals surface area (Å²) in [7, 11) is 0. The molecule has 1 heterocycles. The number of hydrogen-bond donors (Lipinski definition) is 2. The number of benzene rings is 2. The molecule has 0 fully saturated rings. The second kappa shape index (κ2) is 7.74. The van der Waals surface area contributed by atoms with Gasteiger partial charge in [0.15, 0.2) is 0 Å². The molecule has 0 atom stereocenters. The largest absolute Gasteiger partial charge is 0.492 e. The molecule has 1 amide bonds. The van der Waals surface area contributed by atoms with E-state index in [2.05, 4.69) is 5.32 Å². The highest BCUT2D eigenvalue weighted by molar-refractivity contribution is 6.08. The Morgan fingerprint density at radius 2 is 1.73 bits per heavy atom. The van der Waals surface area contributed by atoms with E-state index < -0.39 is 17.3 Å². The van der Waals surface area contributed by atoms with Gasteiger partial charge in [-0.05, 0) is 18.1 Å². The quantitative estimate of drug-likeness (QED) is 0.714. The van der Waals surface area contributed by atoms with Gasteiger partial charge in [0, 0.05) is 11.9 Å². The number of aromatic nitrogens is 1. The fourth-order valence-electron chi connectivity index (χ4n) is 2.70. The van der Waals surface area contributed by atoms with Crippen molar-refractivity contribution in [3.05, 3.63) is 76.1 Å². The zero-order chi connectivity index (χ0) is 18.5. The molecule has 6 nitrogen and oxygen atoms in total. The lowest BCUT2D eigenvalue weighted by atomic mass is 10.1. The summed E-state index contributed by atoms with van der Waals surface area (Å²) in [6.45, 7) is 2.49. The highest BCUT2D eigenvalue weighted by atomic mass is 16.7. The first-order chi connectivity index (χ1) is 12.6. The molecule has 0 saturated carbocycles. The summed E-state index contributed by atoms with van der Waals surface area (Å²) < 4.78 is 0.788. The summed E-state index contributed by atoms with van der Waals surface area (Å²) in [6, 6.07) is 15.9. The number of nitrogens with one attached hydrogen (secondary N) is 1. The van der Waals surface area contributed by atoms with Gasteiger partial charge < -0.3 is 15.3 Å². The third kappa shape index (κ3) is 3.39. The fraction of sp³-hybridized carbons (Fsp3) is 0.200. The van der Waals surface area contributed by atoms with Gasteiger partial charge in [0.2, 0.25) is 5.88 Å². The number of rotatable bonds is 6. The van der Waals surface area contributed by atoms with Crippen molar-refractivity contribution in [3.8, 4) is 5.88 Å². The smallest absolute Gasteiger partial charge is 0.294 e. The van der Waals surface area contributed by atoms with Crippen LogP contribution in [0.1, 0.15) is 29.3 Å². The van der Waals surface area contributed by atoms with E-state index in [-0.39, 0.29) is 12.2 Å². The minimum absolute atomic E-state index is 0.0294. The molecule has 134 valence electrons. The third-order valence-electron chi connectivity index (χ3n) is 3.99. The molecule has 2 aromatic carbocycles. The minimum Gasteiger partial charge on any atom is -0.492 e. The van der Waals surface area contributed by atoms with Crippen molar-refractivity contribution in [3.63, 3.8) is 0 Å². The van der Waals surface area contributed by atoms with Gasteiger partial charge in [-0.1, -0.05) is 55.5 Å². The van der Waals surface area contributed by atoms with Crippen molar-refractivity contribution < 1.29 is 14.7 Å². The van der Waals surface area contributed by atoms with Gasteiger partial charge in [-0.15, -0.1) is 4.73 Å². The molecule has 2 N–H and O–H groups in total. The normalized spacial score (nSPS) is 10.7. The SMILES string of the molecule is CCCNC(=O)c1c(O)n(OCc2ccccc2)c(=O)c2ccccc12. The topological polar surface area (TPSA) is 80.6 Å². The molecule has 0 spiro atoms. The summed E-state index contributed by atoms with van der Waals surface area (Å²) >= 11 is 0. The van der Waals surface area contributed by atoms with Crippen LogP contribution in [0.3, 0.4) is 0 Å². The maximum atomic E-state index is 12.7. The molecule has 0 radical (unpaired) electrons. The van der Waals surface area contributed by atoms with E-state index in [1.165, 1.54) is 0 Å². The van der Waals surface area contributed by atoms with Crippen molar-refractivity contribution in [1.82, 2.24) is 10.0 Å². The van der Waals surface area contributed by atoms with Crippen LogP contribution >= 0.6 is 0 Å². The van der Waals surface area contributed by atoms with E-state index >= 15 is 0 Å². The Bertz CT molecular complexity index is 980. The molecule has 0 aliphatic carbocycles. The van der Waals surface area contributed by atoms with Crippen molar-refractivity contribution in [2.75, 3.05) is 6.54 Å². The molecular weight excluding hydrogens is 332 g/mol. The van der Waals surface area contributed by atoms with Crippen molar-refractivity contribution in [2.45, 2.75) is 20.0 Å². The first-order valence-corrected chi connectivity index (χ1v) is 8.45. The standard InChI is InChI=1S/C20H20N2O4/c1-2-12-21-18(23)17-15-10-6-7-11-16(15)19(24)22(20(17)25)26-13-14-8-4-3-5-9-14/h3-11,25H,2,12-13H2,1H3,(H,21,23). The molecule has 3 rings (SSSR count). The average molecular weight is 352 g/mol. The van der Waals surface area contributed by atoms with E-state index in [4.69, 9.17) is 4.84 Å². The van der Waals surface area contributed by atoms with Crippen molar-refractivity contribution in [2.24, 2.45) is 0 Å². The lowest BCUT2D eigenvalue weighted by molar-refractivity contribution is 0.0699. The molecule has 1 aromatic heterocycles. The molecule has 0 aliphatic rings. The minimum atomic E-state index is -0.513. The predicted molar refractivity (Wildman–Crippen MR) is 99.2 cm³/mol. The summed E-state index contributed by atoms with van der Waals surface area (Å²) in [5.41, 5.74) is 0.353. The second-order valence-corrected chi connectivity index (χ2v) is 5.86. The van der Waals surface area contributed by atoms with Crippen LogP contribution in [-0.4, -0.2) is 22.3 Å². The number of carbonyl (C=O) groups excluding carboxylic acids is 1. The highest BCUT2D eigenvalue weighted by Gasteiger charge is 2.22. The maximum Gasteiger partial charge on any atom is 0.294 e. The highest BCUT2D eigenvalue weighted by Crippen LogP contribution is 2.24. The Morgan fingerprint density at radius 3 is 2.42 bits per heavy atom. The summed E-state index contributed by atoms with van der Waals surface area (Å²) in [6.07, 6.45) is 0.759. The molecule has 26 heavy (non-hydrogen) atoms. The van der Waals surface area contributed by atoms with E-state index in [0.717, 1.165) is 16.7 Å². The third-order valence-corrected chi connectivity index (χ3v) is 3.99. The van der Waals surface area contributed by atoms with Crippen LogP contribution in [0.5, 0.6) is 5.88 Å². The number of pyridine rings is 1. The molecule has 3 aromatic rings. The fourth-order valence-corrected chi connectivity index (χ4v) is 2.70. The average Bonchev–Trinajstić information content (AvgIpc) is 2.67. The molecule has 0 saturated heterocycles. The number of nitrogens with zero attached hydrogens (tertiary/aromatic N) is 1. The van der Waals surface area contributed by atoms with Gasteiger partial charge in [0.1, 0.15) is 12.2 Å². The lowest BCUT2D eigenvalue weighted by Gasteiger charge is -2.15. The molecule has 0 unspecified atom stereocenters. The zero-order valence-electron chi connectivity index (χ0n) is 14.4. The van der Waals surface area contributed by atoms with Crippen LogP contribution in [-0.2, 0) is 6.61 Å². The summed E-state index contributed by atoms with van der Waals surface area (Å²) in [5, 5.41) is 14.0. The first kappa shape index (κ1) is 17.5. The van der Waals surface area contributed by atoms with Gasteiger partial charge in [-0.25, -0.2) is 0 Å². The number of carbonyl (C=O) groups is 1. The van der Waals surface area contributed by atoms with Crippen LogP contribution < -0.4 is 15.7 Å². The Hall–Kier alpha value is -3.28. The van der Waals surface area contributed by atoms with Gasteiger partial charge in [0.05, 0.1) is 5.39 Å². The Morgan fingerprint density at radius 1 is 1.08 bits per heavy atom. The van der Waals surface area contributed by atoms with E-state index in [1.807, 2.05) is 37.3 Å². The van der Waals surface area contributed by atoms with E-state index in [0.29, 0.717) is 17.3 Å². The van der Waals surface area contributed by atoms with Crippen molar-refractivity contribution >= 4 is 16.7 Å². The Balaban J connectivity index is 2.08. The monoisotopic (exact) mass is 352 g/mol. The number of amides is 1. The van der Waals surface area contributed by atoms with E-state index in [9.17, 15) is 14.7 Å². The number of hydrogen-bond acceptors (Lipinski definition) is 4. The molecular formula is C20H20N2O4. The zero-order valence-corrected chi connectivity index (χ0v) is 14.4. The van der Waals surface area contributed by atoms with Crippen LogP contribution in [0.15, 0.2) is 59.4 Å². The molecule has 6 heteroatoms. The summed E-state index contributed by atoms with van der Waals surface area (Å²) in [4.78, 5) is 30.8. The first-order valence-electron chi connectivity index (χ1n) is 8.45. The second-order valence-electron chi connectivity index (χ2n) is 5.86. The van der Waals surface area contributed by atoms with Crippen LogP contribution in [0.2, 0.25) is 0 Å². The Labute approximate surface area is 150 Å².